The van der Waals surface area contributed by atoms with Gasteiger partial charge in [0.25, 0.3) is 0 Å². The van der Waals surface area contributed by atoms with Crippen LogP contribution in [0, 0.1) is 11.3 Å². The molecule has 3 saturated carbocycles. The Morgan fingerprint density at radius 1 is 1.05 bits per heavy atom. The Labute approximate surface area is 123 Å². The molecule has 3 fully saturated rings. The molecule has 3 aliphatic carbocycles. The lowest BCUT2D eigenvalue weighted by atomic mass is 9.58. The molecule has 3 aliphatic rings. The highest BCUT2D eigenvalue weighted by Gasteiger charge is 2.55. The van der Waals surface area contributed by atoms with Crippen LogP contribution < -0.4 is 0 Å². The summed E-state index contributed by atoms with van der Waals surface area (Å²) in [6, 6.07) is 0. The fraction of sp³-hybridized carbons (Fsp3) is 1.00. The molecule has 0 amide bonds. The van der Waals surface area contributed by atoms with Crippen molar-refractivity contribution in [2.75, 3.05) is 0 Å². The van der Waals surface area contributed by atoms with E-state index in [1.54, 1.807) is 0 Å². The highest BCUT2D eigenvalue weighted by molar-refractivity contribution is 6.21. The van der Waals surface area contributed by atoms with Crippen LogP contribution in [0.1, 0.15) is 77.6 Å². The number of halogens is 1. The smallest absolute Gasteiger partial charge is 0.0663 e. The Morgan fingerprint density at radius 2 is 1.84 bits per heavy atom. The normalized spacial score (nSPS) is 42.0. The van der Waals surface area contributed by atoms with Crippen LogP contribution >= 0.6 is 11.6 Å². The first-order valence-electron chi connectivity index (χ1n) is 8.54. The van der Waals surface area contributed by atoms with Crippen LogP contribution in [0.4, 0.5) is 0 Å². The third kappa shape index (κ3) is 2.70. The van der Waals surface area contributed by atoms with Gasteiger partial charge in [-0.3, -0.25) is 0 Å². The average molecular weight is 285 g/mol. The van der Waals surface area contributed by atoms with Gasteiger partial charge >= 0.3 is 0 Å². The zero-order valence-corrected chi connectivity index (χ0v) is 13.1. The highest BCUT2D eigenvalue weighted by atomic mass is 35.5. The van der Waals surface area contributed by atoms with Gasteiger partial charge in [0.15, 0.2) is 0 Å². The van der Waals surface area contributed by atoms with E-state index in [1.807, 2.05) is 0 Å². The van der Waals surface area contributed by atoms with E-state index in [-0.39, 0.29) is 0 Å². The first kappa shape index (κ1) is 14.2. The van der Waals surface area contributed by atoms with E-state index in [2.05, 4.69) is 6.92 Å². The first-order chi connectivity index (χ1) is 9.24. The Bertz CT molecular complexity index is 298. The summed E-state index contributed by atoms with van der Waals surface area (Å²) < 4.78 is 6.54. The molecule has 1 spiro atoms. The van der Waals surface area contributed by atoms with Gasteiger partial charge in [-0.05, 0) is 38.0 Å². The summed E-state index contributed by atoms with van der Waals surface area (Å²) in [6.45, 7) is 2.33. The Morgan fingerprint density at radius 3 is 2.53 bits per heavy atom. The molecule has 110 valence electrons. The van der Waals surface area contributed by atoms with Crippen molar-refractivity contribution in [2.24, 2.45) is 11.3 Å². The molecule has 2 heteroatoms. The maximum absolute atomic E-state index is 6.57. The zero-order valence-electron chi connectivity index (χ0n) is 12.4. The standard InChI is InChI=1S/C17H29ClO/c1-2-13-7-6-8-14(11-13)19-16-12-15(18)17(16)9-4-3-5-10-17/h13-16H,2-12H2,1H3. The second kappa shape index (κ2) is 5.93. The summed E-state index contributed by atoms with van der Waals surface area (Å²) in [5, 5.41) is 0.392. The van der Waals surface area contributed by atoms with Crippen LogP contribution in [0.15, 0.2) is 0 Å². The molecule has 4 unspecified atom stereocenters. The van der Waals surface area contributed by atoms with Gasteiger partial charge in [0.2, 0.25) is 0 Å². The van der Waals surface area contributed by atoms with E-state index in [0.717, 1.165) is 12.3 Å². The Balaban J connectivity index is 1.57. The van der Waals surface area contributed by atoms with Crippen molar-refractivity contribution in [2.45, 2.75) is 95.1 Å². The van der Waals surface area contributed by atoms with Crippen molar-refractivity contribution in [3.8, 4) is 0 Å². The molecule has 4 atom stereocenters. The fourth-order valence-corrected chi connectivity index (χ4v) is 5.22. The van der Waals surface area contributed by atoms with Gasteiger partial charge in [0.05, 0.1) is 12.2 Å². The maximum atomic E-state index is 6.57. The predicted octanol–water partition coefficient (Wildman–Crippen LogP) is 5.30. The van der Waals surface area contributed by atoms with E-state index < -0.39 is 0 Å². The lowest BCUT2D eigenvalue weighted by Crippen LogP contribution is -2.57. The second-order valence-electron chi connectivity index (χ2n) is 7.18. The monoisotopic (exact) mass is 284 g/mol. The summed E-state index contributed by atoms with van der Waals surface area (Å²) in [7, 11) is 0. The second-order valence-corrected chi connectivity index (χ2v) is 7.71. The summed E-state index contributed by atoms with van der Waals surface area (Å²) in [6.07, 6.45) is 15.6. The summed E-state index contributed by atoms with van der Waals surface area (Å²) in [4.78, 5) is 0. The predicted molar refractivity (Wildman–Crippen MR) is 80.7 cm³/mol. The molecule has 0 heterocycles. The molecule has 0 aromatic rings. The highest BCUT2D eigenvalue weighted by Crippen LogP contribution is 2.56. The summed E-state index contributed by atoms with van der Waals surface area (Å²) in [5.41, 5.74) is 0.360. The van der Waals surface area contributed by atoms with Gasteiger partial charge in [-0.1, -0.05) is 45.4 Å². The molecule has 0 aromatic carbocycles. The van der Waals surface area contributed by atoms with Crippen LogP contribution in [0.25, 0.3) is 0 Å². The van der Waals surface area contributed by atoms with E-state index in [4.69, 9.17) is 16.3 Å². The average Bonchev–Trinajstić information content (AvgIpc) is 2.48. The minimum atomic E-state index is 0.360. The molecule has 1 nitrogen and oxygen atoms in total. The topological polar surface area (TPSA) is 9.23 Å². The van der Waals surface area contributed by atoms with Crippen molar-refractivity contribution in [3.05, 3.63) is 0 Å². The van der Waals surface area contributed by atoms with Gasteiger partial charge in [0, 0.05) is 10.8 Å². The summed E-state index contributed by atoms with van der Waals surface area (Å²) >= 11 is 6.57. The van der Waals surface area contributed by atoms with Gasteiger partial charge < -0.3 is 4.74 Å². The minimum absolute atomic E-state index is 0.360. The Hall–Kier alpha value is 0.250. The van der Waals surface area contributed by atoms with Crippen molar-refractivity contribution < 1.29 is 4.74 Å². The van der Waals surface area contributed by atoms with E-state index in [9.17, 15) is 0 Å². The van der Waals surface area contributed by atoms with Crippen LogP contribution in [-0.4, -0.2) is 17.6 Å². The molecule has 0 aliphatic heterocycles. The van der Waals surface area contributed by atoms with E-state index >= 15 is 0 Å². The molecular formula is C17H29ClO. The van der Waals surface area contributed by atoms with Gasteiger partial charge in [-0.25, -0.2) is 0 Å². The molecule has 19 heavy (non-hydrogen) atoms. The van der Waals surface area contributed by atoms with E-state index in [0.29, 0.717) is 23.0 Å². The van der Waals surface area contributed by atoms with Crippen molar-refractivity contribution in [3.63, 3.8) is 0 Å². The molecular weight excluding hydrogens is 256 g/mol. The molecule has 0 aromatic heterocycles. The largest absolute Gasteiger partial charge is 0.374 e. The van der Waals surface area contributed by atoms with Crippen LogP contribution in [0.3, 0.4) is 0 Å². The number of alkyl halides is 1. The number of rotatable bonds is 3. The number of hydrogen-bond acceptors (Lipinski definition) is 1. The SMILES string of the molecule is CCC1CCCC(OC2CC(Cl)C23CCCCC3)C1. The quantitative estimate of drug-likeness (QED) is 0.639. The fourth-order valence-electron chi connectivity index (χ4n) is 4.70. The van der Waals surface area contributed by atoms with Crippen molar-refractivity contribution in [1.82, 2.24) is 0 Å². The maximum Gasteiger partial charge on any atom is 0.0663 e. The van der Waals surface area contributed by atoms with Gasteiger partial charge in [-0.15, -0.1) is 11.6 Å². The minimum Gasteiger partial charge on any atom is -0.374 e. The molecule has 0 saturated heterocycles. The number of ether oxygens (including phenoxy) is 1. The molecule has 0 N–H and O–H groups in total. The summed E-state index contributed by atoms with van der Waals surface area (Å²) in [5.74, 6) is 0.910. The van der Waals surface area contributed by atoms with Gasteiger partial charge in [-0.2, -0.15) is 0 Å². The lowest BCUT2D eigenvalue weighted by Gasteiger charge is -2.56. The van der Waals surface area contributed by atoms with Crippen LogP contribution in [0.5, 0.6) is 0 Å². The Kier molecular flexibility index (Phi) is 4.43. The van der Waals surface area contributed by atoms with Crippen LogP contribution in [0.2, 0.25) is 0 Å². The first-order valence-corrected chi connectivity index (χ1v) is 8.98. The molecule has 0 radical (unpaired) electrons. The van der Waals surface area contributed by atoms with Gasteiger partial charge in [0.1, 0.15) is 0 Å². The zero-order chi connectivity index (χ0) is 13.3. The number of hydrogen-bond donors (Lipinski definition) is 0. The third-order valence-electron chi connectivity index (χ3n) is 6.14. The molecule has 0 bridgehead atoms. The van der Waals surface area contributed by atoms with E-state index in [1.165, 1.54) is 64.2 Å². The lowest BCUT2D eigenvalue weighted by molar-refractivity contribution is -0.162. The van der Waals surface area contributed by atoms with Crippen LogP contribution in [-0.2, 0) is 4.74 Å². The molecule has 3 rings (SSSR count). The van der Waals surface area contributed by atoms with Crippen molar-refractivity contribution >= 4 is 11.6 Å². The van der Waals surface area contributed by atoms with Crippen molar-refractivity contribution in [1.29, 1.82) is 0 Å². The third-order valence-corrected chi connectivity index (χ3v) is 6.75.